The molecule has 136 valence electrons. The van der Waals surface area contributed by atoms with Gasteiger partial charge >= 0.3 is 5.97 Å². The van der Waals surface area contributed by atoms with Gasteiger partial charge in [-0.05, 0) is 17.7 Å². The lowest BCUT2D eigenvalue weighted by Crippen LogP contribution is -2.18. The van der Waals surface area contributed by atoms with Gasteiger partial charge in [0.05, 0.1) is 9.95 Å². The minimum Gasteiger partial charge on any atom is -0.481 e. The second-order valence-corrected chi connectivity index (χ2v) is 5.90. The molecule has 27 heavy (non-hydrogen) atoms. The van der Waals surface area contributed by atoms with Crippen LogP contribution in [0.2, 0.25) is 5.02 Å². The molecule has 7 heteroatoms. The number of ether oxygens (including phenoxy) is 2. The minimum atomic E-state index is -0.673. The zero-order valence-electron chi connectivity index (χ0n) is 14.0. The number of nitro benzene ring substituents is 1. The molecule has 0 unspecified atom stereocenters. The smallest absolute Gasteiger partial charge is 0.349 e. The van der Waals surface area contributed by atoms with Gasteiger partial charge in [0, 0.05) is 17.7 Å². The van der Waals surface area contributed by atoms with Crippen molar-refractivity contribution in [1.82, 2.24) is 0 Å². The average molecular weight is 384 g/mol. The summed E-state index contributed by atoms with van der Waals surface area (Å²) in [6, 6.07) is 20.6. The van der Waals surface area contributed by atoms with Gasteiger partial charge in [-0.3, -0.25) is 10.1 Å². The Kier molecular flexibility index (Phi) is 5.68. The maximum absolute atomic E-state index is 12.1. The van der Waals surface area contributed by atoms with Crippen molar-refractivity contribution >= 4 is 23.3 Å². The Labute approximate surface area is 160 Å². The van der Waals surface area contributed by atoms with Crippen molar-refractivity contribution in [2.24, 2.45) is 0 Å². The summed E-state index contributed by atoms with van der Waals surface area (Å²) in [6.07, 6.45) is 0. The number of halogens is 1. The molecule has 0 saturated carbocycles. The van der Waals surface area contributed by atoms with Crippen LogP contribution in [-0.4, -0.2) is 17.5 Å². The quantitative estimate of drug-likeness (QED) is 0.262. The molecule has 0 bridgehead atoms. The number of nitrogens with zero attached hydrogens (tertiary/aromatic N) is 1. The molecule has 3 rings (SSSR count). The van der Waals surface area contributed by atoms with Crippen molar-refractivity contribution in [2.75, 3.05) is 6.61 Å². The zero-order chi connectivity index (χ0) is 19.2. The third-order valence-corrected chi connectivity index (χ3v) is 3.96. The lowest BCUT2D eigenvalue weighted by atomic mass is 10.1. The topological polar surface area (TPSA) is 78.7 Å². The first kappa shape index (κ1) is 18.4. The van der Waals surface area contributed by atoms with Gasteiger partial charge in [-0.15, -0.1) is 0 Å². The molecule has 0 aliphatic rings. The van der Waals surface area contributed by atoms with E-state index in [1.807, 2.05) is 42.5 Å². The van der Waals surface area contributed by atoms with E-state index in [0.717, 1.165) is 17.2 Å². The van der Waals surface area contributed by atoms with Gasteiger partial charge in [0.2, 0.25) is 0 Å². The number of benzene rings is 3. The van der Waals surface area contributed by atoms with Crippen molar-refractivity contribution in [3.8, 4) is 22.6 Å². The summed E-state index contributed by atoms with van der Waals surface area (Å²) in [5, 5.41) is 10.7. The highest BCUT2D eigenvalue weighted by Crippen LogP contribution is 2.30. The molecule has 0 fully saturated rings. The lowest BCUT2D eigenvalue weighted by Gasteiger charge is -2.11. The molecular weight excluding hydrogens is 370 g/mol. The van der Waals surface area contributed by atoms with Crippen molar-refractivity contribution < 1.29 is 19.2 Å². The first-order valence-corrected chi connectivity index (χ1v) is 8.34. The minimum absolute atomic E-state index is 0.0257. The number of carbonyl (C=O) groups is 1. The van der Waals surface area contributed by atoms with Crippen LogP contribution in [-0.2, 0) is 4.79 Å². The largest absolute Gasteiger partial charge is 0.481 e. The molecule has 0 radical (unpaired) electrons. The Morgan fingerprint density at radius 2 is 1.67 bits per heavy atom. The van der Waals surface area contributed by atoms with E-state index in [2.05, 4.69) is 0 Å². The normalized spacial score (nSPS) is 10.3. The molecule has 0 spiro atoms. The molecule has 0 amide bonds. The summed E-state index contributed by atoms with van der Waals surface area (Å²) < 4.78 is 10.7. The second-order valence-electron chi connectivity index (χ2n) is 5.50. The fourth-order valence-corrected chi connectivity index (χ4v) is 2.64. The molecule has 0 saturated heterocycles. The van der Waals surface area contributed by atoms with Gasteiger partial charge in [-0.2, -0.15) is 0 Å². The molecule has 6 nitrogen and oxygen atoms in total. The predicted molar refractivity (Wildman–Crippen MR) is 101 cm³/mol. The zero-order valence-corrected chi connectivity index (χ0v) is 14.8. The van der Waals surface area contributed by atoms with Crippen LogP contribution < -0.4 is 9.47 Å². The fraction of sp³-hybridized carbons (Fsp3) is 0.0500. The molecule has 3 aromatic rings. The summed E-state index contributed by atoms with van der Waals surface area (Å²) in [5.74, 6) is -0.101. The number of esters is 1. The number of nitro groups is 1. The van der Waals surface area contributed by atoms with Crippen LogP contribution in [0.1, 0.15) is 0 Å². The van der Waals surface area contributed by atoms with Crippen LogP contribution in [0.4, 0.5) is 5.69 Å². The van der Waals surface area contributed by atoms with Gasteiger partial charge in [0.25, 0.3) is 5.69 Å². The van der Waals surface area contributed by atoms with E-state index in [4.69, 9.17) is 21.1 Å². The Balaban J connectivity index is 1.68. The van der Waals surface area contributed by atoms with Gasteiger partial charge in [-0.1, -0.05) is 60.1 Å². The fourth-order valence-electron chi connectivity index (χ4n) is 2.42. The van der Waals surface area contributed by atoms with Gasteiger partial charge in [0.15, 0.2) is 6.61 Å². The summed E-state index contributed by atoms with van der Waals surface area (Å²) in [4.78, 5) is 22.2. The van der Waals surface area contributed by atoms with E-state index < -0.39 is 10.9 Å². The van der Waals surface area contributed by atoms with Crippen LogP contribution in [0, 0.1) is 10.1 Å². The standard InChI is InChI=1S/C20H14ClNO5/c21-17-12-15(22(24)25)10-11-19(17)27-20(23)13-26-18-9-5-4-8-16(18)14-6-2-1-3-7-14/h1-12H,13H2. The first-order chi connectivity index (χ1) is 13.0. The van der Waals surface area contributed by atoms with E-state index in [9.17, 15) is 14.9 Å². The van der Waals surface area contributed by atoms with E-state index in [1.165, 1.54) is 12.1 Å². The number of non-ortho nitro benzene ring substituents is 1. The van der Waals surface area contributed by atoms with E-state index in [1.54, 1.807) is 12.1 Å². The van der Waals surface area contributed by atoms with Crippen LogP contribution in [0.3, 0.4) is 0 Å². The molecule has 0 aliphatic heterocycles. The maximum Gasteiger partial charge on any atom is 0.349 e. The number of hydrogen-bond donors (Lipinski definition) is 0. The van der Waals surface area contributed by atoms with Crippen LogP contribution in [0.15, 0.2) is 72.8 Å². The Morgan fingerprint density at radius 1 is 0.963 bits per heavy atom. The van der Waals surface area contributed by atoms with Crippen LogP contribution >= 0.6 is 11.6 Å². The number of carbonyl (C=O) groups excluding carboxylic acids is 1. The third kappa shape index (κ3) is 4.62. The van der Waals surface area contributed by atoms with E-state index in [-0.39, 0.29) is 23.1 Å². The molecule has 3 aromatic carbocycles. The maximum atomic E-state index is 12.1. The van der Waals surface area contributed by atoms with Crippen molar-refractivity contribution in [1.29, 1.82) is 0 Å². The highest BCUT2D eigenvalue weighted by molar-refractivity contribution is 6.32. The molecule has 0 heterocycles. The van der Waals surface area contributed by atoms with Gasteiger partial charge in [-0.25, -0.2) is 4.79 Å². The number of hydrogen-bond acceptors (Lipinski definition) is 5. The summed E-state index contributed by atoms with van der Waals surface area (Å²) in [7, 11) is 0. The Morgan fingerprint density at radius 3 is 2.37 bits per heavy atom. The summed E-state index contributed by atoms with van der Waals surface area (Å²) in [5.41, 5.74) is 1.62. The SMILES string of the molecule is O=C(COc1ccccc1-c1ccccc1)Oc1ccc([N+](=O)[O-])cc1Cl. The van der Waals surface area contributed by atoms with E-state index in [0.29, 0.717) is 5.75 Å². The predicted octanol–water partition coefficient (Wildman–Crippen LogP) is 4.90. The highest BCUT2D eigenvalue weighted by atomic mass is 35.5. The highest BCUT2D eigenvalue weighted by Gasteiger charge is 2.14. The number of para-hydroxylation sites is 1. The molecule has 0 aromatic heterocycles. The van der Waals surface area contributed by atoms with Crippen molar-refractivity contribution in [2.45, 2.75) is 0 Å². The monoisotopic (exact) mass is 383 g/mol. The summed E-state index contributed by atoms with van der Waals surface area (Å²) >= 11 is 5.92. The number of rotatable bonds is 6. The molecular formula is C20H14ClNO5. The molecule has 0 N–H and O–H groups in total. The molecule has 0 aliphatic carbocycles. The summed E-state index contributed by atoms with van der Waals surface area (Å²) in [6.45, 7) is -0.336. The Hall–Kier alpha value is -3.38. The van der Waals surface area contributed by atoms with Crippen LogP contribution in [0.25, 0.3) is 11.1 Å². The van der Waals surface area contributed by atoms with Crippen molar-refractivity contribution in [3.05, 3.63) is 87.9 Å². The Bertz CT molecular complexity index is 975. The van der Waals surface area contributed by atoms with Gasteiger partial charge < -0.3 is 9.47 Å². The van der Waals surface area contributed by atoms with E-state index >= 15 is 0 Å². The molecule has 0 atom stereocenters. The third-order valence-electron chi connectivity index (χ3n) is 3.67. The second kappa shape index (κ2) is 8.33. The van der Waals surface area contributed by atoms with Crippen LogP contribution in [0.5, 0.6) is 11.5 Å². The average Bonchev–Trinajstić information content (AvgIpc) is 2.68. The first-order valence-electron chi connectivity index (χ1n) is 7.96. The lowest BCUT2D eigenvalue weighted by molar-refractivity contribution is -0.384. The van der Waals surface area contributed by atoms with Gasteiger partial charge in [0.1, 0.15) is 11.5 Å². The van der Waals surface area contributed by atoms with Crippen molar-refractivity contribution in [3.63, 3.8) is 0 Å².